The fraction of sp³-hybridized carbons (Fsp3) is 0.100. The number of benzene rings is 2. The van der Waals surface area contributed by atoms with E-state index in [0.29, 0.717) is 5.56 Å². The summed E-state index contributed by atoms with van der Waals surface area (Å²) in [6.07, 6.45) is 1.54. The molecule has 0 saturated carbocycles. The monoisotopic (exact) mass is 381 g/mol. The molecule has 0 bridgehead atoms. The third kappa shape index (κ3) is 4.78. The first-order valence-corrected chi connectivity index (χ1v) is 9.80. The molecule has 0 aliphatic carbocycles. The van der Waals surface area contributed by atoms with E-state index in [1.54, 1.807) is 18.2 Å². The molecule has 1 amide bonds. The van der Waals surface area contributed by atoms with Gasteiger partial charge in [-0.3, -0.25) is 9.78 Å². The second-order valence-corrected chi connectivity index (χ2v) is 7.73. The molecular formula is C20H19N3O3S. The quantitative estimate of drug-likeness (QED) is 0.709. The largest absolute Gasteiger partial charge is 0.348 e. The molecule has 0 atom stereocenters. The lowest BCUT2D eigenvalue weighted by atomic mass is 10.1. The molecule has 0 aliphatic heterocycles. The molecule has 0 spiro atoms. The molecule has 3 N–H and O–H groups in total. The minimum absolute atomic E-state index is 0.0357. The van der Waals surface area contributed by atoms with Gasteiger partial charge in [0.05, 0.1) is 16.2 Å². The fourth-order valence-corrected chi connectivity index (χ4v) is 3.10. The first-order chi connectivity index (χ1) is 12.8. The van der Waals surface area contributed by atoms with Crippen LogP contribution in [-0.2, 0) is 16.6 Å². The standard InChI is InChI=1S/C20H19N3O3S/c1-14-3-2-4-16(11-14)19-10-7-17(13-22-19)20(24)23-12-15-5-8-18(9-6-15)27(21,25)26/h2-11,13H,12H2,1H3,(H,23,24)(H2,21,25,26). The van der Waals surface area contributed by atoms with E-state index in [1.807, 2.05) is 37.3 Å². The summed E-state index contributed by atoms with van der Waals surface area (Å²) in [5.74, 6) is -0.256. The van der Waals surface area contributed by atoms with Gasteiger partial charge in [-0.15, -0.1) is 0 Å². The number of nitrogens with one attached hydrogen (secondary N) is 1. The predicted molar refractivity (Wildman–Crippen MR) is 103 cm³/mol. The average molecular weight is 381 g/mol. The Kier molecular flexibility index (Phi) is 5.34. The van der Waals surface area contributed by atoms with Crippen LogP contribution in [0.3, 0.4) is 0 Å². The highest BCUT2D eigenvalue weighted by atomic mass is 32.2. The van der Waals surface area contributed by atoms with E-state index in [-0.39, 0.29) is 17.3 Å². The lowest BCUT2D eigenvalue weighted by Gasteiger charge is -2.07. The van der Waals surface area contributed by atoms with Crippen molar-refractivity contribution in [3.05, 3.63) is 83.6 Å². The van der Waals surface area contributed by atoms with Crippen LogP contribution in [0.25, 0.3) is 11.3 Å². The van der Waals surface area contributed by atoms with Crippen molar-refractivity contribution in [1.82, 2.24) is 10.3 Å². The Morgan fingerprint density at radius 1 is 1.07 bits per heavy atom. The topological polar surface area (TPSA) is 102 Å². The molecule has 0 aliphatic rings. The van der Waals surface area contributed by atoms with Crippen LogP contribution >= 0.6 is 0 Å². The summed E-state index contributed by atoms with van der Waals surface area (Å²) < 4.78 is 22.5. The molecule has 0 radical (unpaired) electrons. The summed E-state index contributed by atoms with van der Waals surface area (Å²) >= 11 is 0. The van der Waals surface area contributed by atoms with Gasteiger partial charge in [-0.1, -0.05) is 35.9 Å². The molecule has 6 nitrogen and oxygen atoms in total. The Labute approximate surface area is 158 Å². The number of amides is 1. The van der Waals surface area contributed by atoms with Crippen LogP contribution in [0.4, 0.5) is 0 Å². The summed E-state index contributed by atoms with van der Waals surface area (Å²) in [4.78, 5) is 16.7. The van der Waals surface area contributed by atoms with Crippen molar-refractivity contribution < 1.29 is 13.2 Å². The fourth-order valence-electron chi connectivity index (χ4n) is 2.58. The molecule has 0 saturated heterocycles. The number of aryl methyl sites for hydroxylation is 1. The molecule has 27 heavy (non-hydrogen) atoms. The molecule has 3 rings (SSSR count). The Morgan fingerprint density at radius 3 is 2.41 bits per heavy atom. The zero-order chi connectivity index (χ0) is 19.4. The number of aromatic nitrogens is 1. The van der Waals surface area contributed by atoms with Gasteiger partial charge in [0.15, 0.2) is 0 Å². The molecule has 138 valence electrons. The molecule has 0 unspecified atom stereocenters. The summed E-state index contributed by atoms with van der Waals surface area (Å²) in [6.45, 7) is 2.28. The maximum Gasteiger partial charge on any atom is 0.253 e. The van der Waals surface area contributed by atoms with E-state index < -0.39 is 10.0 Å². The van der Waals surface area contributed by atoms with Crippen molar-refractivity contribution in [1.29, 1.82) is 0 Å². The molecule has 2 aromatic carbocycles. The Bertz CT molecular complexity index is 1060. The number of carbonyl (C=O) groups is 1. The van der Waals surface area contributed by atoms with Gasteiger partial charge in [-0.2, -0.15) is 0 Å². The number of nitrogens with zero attached hydrogens (tertiary/aromatic N) is 1. The number of hydrogen-bond donors (Lipinski definition) is 2. The van der Waals surface area contributed by atoms with E-state index in [9.17, 15) is 13.2 Å². The lowest BCUT2D eigenvalue weighted by molar-refractivity contribution is 0.0950. The molecule has 1 heterocycles. The third-order valence-corrected chi connectivity index (χ3v) is 4.97. The molecule has 3 aromatic rings. The Hall–Kier alpha value is -3.03. The molecule has 1 aromatic heterocycles. The van der Waals surface area contributed by atoms with E-state index in [4.69, 9.17) is 5.14 Å². The van der Waals surface area contributed by atoms with Crippen LogP contribution in [0.5, 0.6) is 0 Å². The third-order valence-electron chi connectivity index (χ3n) is 4.04. The van der Waals surface area contributed by atoms with Gasteiger partial charge in [-0.05, 0) is 42.8 Å². The van der Waals surface area contributed by atoms with E-state index in [1.165, 1.54) is 18.3 Å². The highest BCUT2D eigenvalue weighted by Gasteiger charge is 2.09. The summed E-state index contributed by atoms with van der Waals surface area (Å²) in [7, 11) is -3.72. The highest BCUT2D eigenvalue weighted by molar-refractivity contribution is 7.89. The average Bonchev–Trinajstić information content (AvgIpc) is 2.66. The zero-order valence-electron chi connectivity index (χ0n) is 14.7. The van der Waals surface area contributed by atoms with Crippen molar-refractivity contribution in [3.8, 4) is 11.3 Å². The Balaban J connectivity index is 1.64. The Morgan fingerprint density at radius 2 is 1.81 bits per heavy atom. The minimum Gasteiger partial charge on any atom is -0.348 e. The van der Waals surface area contributed by atoms with Crippen LogP contribution in [0, 0.1) is 6.92 Å². The van der Waals surface area contributed by atoms with E-state index in [2.05, 4.69) is 10.3 Å². The molecular weight excluding hydrogens is 362 g/mol. The molecule has 0 fully saturated rings. The van der Waals surface area contributed by atoms with E-state index in [0.717, 1.165) is 22.4 Å². The number of hydrogen-bond acceptors (Lipinski definition) is 4. The van der Waals surface area contributed by atoms with Crippen molar-refractivity contribution in [2.45, 2.75) is 18.4 Å². The first kappa shape index (κ1) is 18.8. The van der Waals surface area contributed by atoms with Crippen LogP contribution in [0.2, 0.25) is 0 Å². The van der Waals surface area contributed by atoms with Gasteiger partial charge >= 0.3 is 0 Å². The number of primary sulfonamides is 1. The number of nitrogens with two attached hydrogens (primary N) is 1. The van der Waals surface area contributed by atoms with Gasteiger partial charge in [0.1, 0.15) is 0 Å². The number of pyridine rings is 1. The molecule has 7 heteroatoms. The maximum absolute atomic E-state index is 12.3. The lowest BCUT2D eigenvalue weighted by Crippen LogP contribution is -2.23. The van der Waals surface area contributed by atoms with E-state index >= 15 is 0 Å². The second kappa shape index (κ2) is 7.69. The van der Waals surface area contributed by atoms with Crippen LogP contribution in [0.1, 0.15) is 21.5 Å². The van der Waals surface area contributed by atoms with Gasteiger partial charge in [0.25, 0.3) is 5.91 Å². The number of carbonyl (C=O) groups excluding carboxylic acids is 1. The van der Waals surface area contributed by atoms with Crippen LogP contribution < -0.4 is 10.5 Å². The minimum atomic E-state index is -3.72. The predicted octanol–water partition coefficient (Wildman–Crippen LogP) is 2.63. The smallest absolute Gasteiger partial charge is 0.253 e. The van der Waals surface area contributed by atoms with Crippen LogP contribution in [0.15, 0.2) is 71.8 Å². The number of rotatable bonds is 5. The normalized spacial score (nSPS) is 11.2. The zero-order valence-corrected chi connectivity index (χ0v) is 15.5. The SMILES string of the molecule is Cc1cccc(-c2ccc(C(=O)NCc3ccc(S(N)(=O)=O)cc3)cn2)c1. The number of sulfonamides is 1. The van der Waals surface area contributed by atoms with Gasteiger partial charge in [0, 0.05) is 18.3 Å². The van der Waals surface area contributed by atoms with Gasteiger partial charge in [0.2, 0.25) is 10.0 Å². The summed E-state index contributed by atoms with van der Waals surface area (Å²) in [5, 5.41) is 7.85. The van der Waals surface area contributed by atoms with Crippen molar-refractivity contribution in [3.63, 3.8) is 0 Å². The summed E-state index contributed by atoms with van der Waals surface area (Å²) in [6, 6.07) is 17.6. The summed E-state index contributed by atoms with van der Waals surface area (Å²) in [5.41, 5.74) is 4.16. The van der Waals surface area contributed by atoms with Gasteiger partial charge in [-0.25, -0.2) is 13.6 Å². The van der Waals surface area contributed by atoms with Crippen molar-refractivity contribution in [2.24, 2.45) is 5.14 Å². The van der Waals surface area contributed by atoms with Crippen molar-refractivity contribution in [2.75, 3.05) is 0 Å². The highest BCUT2D eigenvalue weighted by Crippen LogP contribution is 2.18. The van der Waals surface area contributed by atoms with Crippen LogP contribution in [-0.4, -0.2) is 19.3 Å². The maximum atomic E-state index is 12.3. The van der Waals surface area contributed by atoms with Crippen molar-refractivity contribution >= 4 is 15.9 Å². The van der Waals surface area contributed by atoms with Gasteiger partial charge < -0.3 is 5.32 Å². The first-order valence-electron chi connectivity index (χ1n) is 8.26. The second-order valence-electron chi connectivity index (χ2n) is 6.17.